The van der Waals surface area contributed by atoms with Crippen molar-refractivity contribution < 1.29 is 32.0 Å². The highest BCUT2D eigenvalue weighted by atomic mass is 32.2. The van der Waals surface area contributed by atoms with Gasteiger partial charge in [0.2, 0.25) is 10.0 Å². The molecule has 0 bridgehead atoms. The van der Waals surface area contributed by atoms with E-state index >= 15 is 0 Å². The lowest BCUT2D eigenvalue weighted by Gasteiger charge is -2.40. The van der Waals surface area contributed by atoms with Crippen LogP contribution in [0, 0.1) is 10.1 Å². The molecule has 0 aromatic heterocycles. The van der Waals surface area contributed by atoms with E-state index in [1.54, 1.807) is 17.0 Å². The van der Waals surface area contributed by atoms with E-state index in [2.05, 4.69) is 38.6 Å². The summed E-state index contributed by atoms with van der Waals surface area (Å²) in [5, 5.41) is 12.2. The number of nitrogens with zero attached hydrogens (tertiary/aromatic N) is 2. The van der Waals surface area contributed by atoms with Crippen LogP contribution < -0.4 is 14.2 Å². The first-order chi connectivity index (χ1) is 22.1. The van der Waals surface area contributed by atoms with Crippen molar-refractivity contribution in [2.45, 2.75) is 62.9 Å². The second kappa shape index (κ2) is 14.4. The van der Waals surface area contributed by atoms with Crippen LogP contribution in [0.1, 0.15) is 48.7 Å². The molecule has 0 saturated carbocycles. The first-order valence-corrected chi connectivity index (χ1v) is 19.7. The first kappa shape index (κ1) is 35.8. The van der Waals surface area contributed by atoms with Crippen molar-refractivity contribution in [3.63, 3.8) is 0 Å². The van der Waals surface area contributed by atoms with Gasteiger partial charge in [0.15, 0.2) is 19.8 Å². The Morgan fingerprint density at radius 1 is 1.06 bits per heavy atom. The van der Waals surface area contributed by atoms with Gasteiger partial charge in [0, 0.05) is 12.6 Å². The molecule has 1 aliphatic heterocycles. The highest BCUT2D eigenvalue weighted by Gasteiger charge is 2.39. The van der Waals surface area contributed by atoms with Crippen molar-refractivity contribution in [3.05, 3.63) is 99.6 Å². The Morgan fingerprint density at radius 3 is 2.30 bits per heavy atom. The minimum absolute atomic E-state index is 0.0839. The second-order valence-electron chi connectivity index (χ2n) is 12.9. The number of benzene rings is 3. The summed E-state index contributed by atoms with van der Waals surface area (Å²) in [5.74, 6) is -0.171. The average molecular weight is 682 g/mol. The molecular formula is C34H43N3O8SSi. The molecule has 0 radical (unpaired) electrons. The maximum atomic E-state index is 14.2. The van der Waals surface area contributed by atoms with E-state index < -0.39 is 35.2 Å². The van der Waals surface area contributed by atoms with Crippen LogP contribution in [0.3, 0.4) is 0 Å². The zero-order valence-electron chi connectivity index (χ0n) is 27.9. The number of amides is 1. The molecule has 1 N–H and O–H groups in total. The monoisotopic (exact) mass is 681 g/mol. The fourth-order valence-corrected chi connectivity index (χ4v) is 6.70. The normalized spacial score (nSPS) is 15.6. The fraction of sp³-hybridized carbons (Fsp3) is 0.382. The largest absolute Gasteiger partial charge is 0.493 e. The Bertz CT molecular complexity index is 1740. The van der Waals surface area contributed by atoms with Gasteiger partial charge in [-0.25, -0.2) is 13.1 Å². The number of nitro benzene ring substituents is 1. The number of sulfonamides is 1. The topological polar surface area (TPSA) is 137 Å². The molecule has 1 amide bonds. The third-order valence-corrected chi connectivity index (χ3v) is 14.8. The van der Waals surface area contributed by atoms with Crippen molar-refractivity contribution in [1.29, 1.82) is 0 Å². The average Bonchev–Trinajstić information content (AvgIpc) is 3.05. The van der Waals surface area contributed by atoms with Gasteiger partial charge in [-0.3, -0.25) is 14.9 Å². The molecule has 1 aliphatic rings. The molecule has 0 spiro atoms. The molecule has 13 heteroatoms. The van der Waals surface area contributed by atoms with Crippen LogP contribution in [0.4, 0.5) is 5.69 Å². The molecule has 1 heterocycles. The van der Waals surface area contributed by atoms with Crippen LogP contribution in [-0.2, 0) is 21.1 Å². The summed E-state index contributed by atoms with van der Waals surface area (Å²) in [5.41, 5.74) is 2.10. The zero-order valence-corrected chi connectivity index (χ0v) is 29.7. The molecule has 252 valence electrons. The summed E-state index contributed by atoms with van der Waals surface area (Å²) in [6.07, 6.45) is 2.39. The van der Waals surface area contributed by atoms with Gasteiger partial charge in [0.25, 0.3) is 11.6 Å². The number of rotatable bonds is 12. The molecule has 47 heavy (non-hydrogen) atoms. The Balaban J connectivity index is 1.70. The van der Waals surface area contributed by atoms with Gasteiger partial charge in [-0.05, 0) is 60.4 Å². The smallest absolute Gasteiger partial charge is 0.286 e. The van der Waals surface area contributed by atoms with Crippen molar-refractivity contribution in [2.24, 2.45) is 0 Å². The lowest BCUT2D eigenvalue weighted by atomic mass is 9.95. The fourth-order valence-electron chi connectivity index (χ4n) is 4.95. The third-order valence-electron chi connectivity index (χ3n) is 8.85. The number of carbonyl (C=O) groups excluding carboxylic acids is 1. The van der Waals surface area contributed by atoms with Crippen LogP contribution in [-0.4, -0.2) is 65.8 Å². The highest BCUT2D eigenvalue weighted by molar-refractivity contribution is 7.89. The van der Waals surface area contributed by atoms with E-state index in [1.165, 1.54) is 38.4 Å². The Kier molecular flexibility index (Phi) is 11.0. The summed E-state index contributed by atoms with van der Waals surface area (Å²) in [7, 11) is -3.06. The Hall–Kier alpha value is -4.04. The minimum Gasteiger partial charge on any atom is -0.493 e. The number of nitro groups is 1. The summed E-state index contributed by atoms with van der Waals surface area (Å²) in [4.78, 5) is 27.7. The van der Waals surface area contributed by atoms with E-state index in [-0.39, 0.29) is 52.4 Å². The number of carbonyl (C=O) groups is 1. The Labute approximate surface area is 277 Å². The number of methoxy groups -OCH3 is 1. The van der Waals surface area contributed by atoms with Crippen molar-refractivity contribution in [1.82, 2.24) is 9.62 Å². The van der Waals surface area contributed by atoms with E-state index in [4.69, 9.17) is 13.9 Å². The second-order valence-corrected chi connectivity index (χ2v) is 19.6. The maximum absolute atomic E-state index is 14.2. The van der Waals surface area contributed by atoms with E-state index in [0.29, 0.717) is 6.42 Å². The summed E-state index contributed by atoms with van der Waals surface area (Å²) in [6, 6.07) is 18.0. The molecule has 3 aromatic carbocycles. The van der Waals surface area contributed by atoms with Gasteiger partial charge in [0.05, 0.1) is 35.6 Å². The Morgan fingerprint density at radius 2 is 1.72 bits per heavy atom. The van der Waals surface area contributed by atoms with Crippen LogP contribution in [0.25, 0.3) is 5.57 Å². The molecule has 0 fully saturated rings. The lowest BCUT2D eigenvalue weighted by molar-refractivity contribution is -0.385. The third kappa shape index (κ3) is 8.28. The van der Waals surface area contributed by atoms with Gasteiger partial charge in [0.1, 0.15) is 12.2 Å². The van der Waals surface area contributed by atoms with Gasteiger partial charge in [-0.1, -0.05) is 69.3 Å². The first-order valence-electron chi connectivity index (χ1n) is 15.3. The standard InChI is InChI=1S/C34H43N3O8SSi/c1-34(2,3)47(6,7)45-23-27-19-26(25-13-15-28(16-14-25)46(41,42)35-4)17-18-36(27)33(38)29-20-31(43-5)32(21-30(29)37(39)40)44-22-24-11-9-8-10-12-24/h8-16,19-21,27,35H,17-18,22-23H2,1-7H3. The summed E-state index contributed by atoms with van der Waals surface area (Å²) < 4.78 is 44.8. The maximum Gasteiger partial charge on any atom is 0.286 e. The molecule has 3 aromatic rings. The molecule has 4 rings (SSSR count). The molecule has 1 atom stereocenters. The van der Waals surface area contributed by atoms with Crippen LogP contribution in [0.15, 0.2) is 77.7 Å². The van der Waals surface area contributed by atoms with Crippen LogP contribution >= 0.6 is 0 Å². The van der Waals surface area contributed by atoms with E-state index in [9.17, 15) is 23.3 Å². The van der Waals surface area contributed by atoms with Crippen LogP contribution in [0.5, 0.6) is 11.5 Å². The molecule has 0 saturated heterocycles. The molecule has 1 unspecified atom stereocenters. The number of hydrogen-bond acceptors (Lipinski definition) is 8. The van der Waals surface area contributed by atoms with Crippen molar-refractivity contribution in [2.75, 3.05) is 27.3 Å². The van der Waals surface area contributed by atoms with Crippen molar-refractivity contribution in [3.8, 4) is 11.5 Å². The predicted octanol–water partition coefficient (Wildman–Crippen LogP) is 6.41. The number of hydrogen-bond donors (Lipinski definition) is 1. The minimum atomic E-state index is -3.60. The van der Waals surface area contributed by atoms with E-state index in [1.807, 2.05) is 36.4 Å². The summed E-state index contributed by atoms with van der Waals surface area (Å²) in [6.45, 7) is 11.2. The SMILES string of the molecule is CNS(=O)(=O)c1ccc(C2=CC(CO[Si](C)(C)C(C)(C)C)N(C(=O)c3cc(OC)c(OCc4ccccc4)cc3[N+](=O)[O-])CC2)cc1. The van der Waals surface area contributed by atoms with Gasteiger partial charge >= 0.3 is 0 Å². The number of nitrogens with one attached hydrogen (secondary N) is 1. The quantitative estimate of drug-likeness (QED) is 0.132. The zero-order chi connectivity index (χ0) is 34.6. The van der Waals surface area contributed by atoms with Crippen molar-refractivity contribution >= 4 is 35.5 Å². The summed E-state index contributed by atoms with van der Waals surface area (Å²) >= 11 is 0. The number of ether oxygens (including phenoxy) is 2. The van der Waals surface area contributed by atoms with Gasteiger partial charge in [-0.15, -0.1) is 0 Å². The van der Waals surface area contributed by atoms with Crippen LogP contribution in [0.2, 0.25) is 18.1 Å². The van der Waals surface area contributed by atoms with Gasteiger partial charge < -0.3 is 18.8 Å². The molecule has 11 nitrogen and oxygen atoms in total. The highest BCUT2D eigenvalue weighted by Crippen LogP contribution is 2.39. The molecule has 0 aliphatic carbocycles. The predicted molar refractivity (Wildman–Crippen MR) is 184 cm³/mol. The molecular weight excluding hydrogens is 639 g/mol. The lowest BCUT2D eigenvalue weighted by Crippen LogP contribution is -2.49. The van der Waals surface area contributed by atoms with E-state index in [0.717, 1.165) is 16.7 Å². The van der Waals surface area contributed by atoms with Gasteiger partial charge in [-0.2, -0.15) is 0 Å².